The van der Waals surface area contributed by atoms with Gasteiger partial charge in [-0.2, -0.15) is 0 Å². The maximum absolute atomic E-state index is 12.2. The van der Waals surface area contributed by atoms with Gasteiger partial charge in [-0.25, -0.2) is 4.99 Å². The lowest BCUT2D eigenvalue weighted by Crippen LogP contribution is -2.49. The summed E-state index contributed by atoms with van der Waals surface area (Å²) in [7, 11) is 0. The van der Waals surface area contributed by atoms with E-state index in [1.165, 1.54) is 0 Å². The summed E-state index contributed by atoms with van der Waals surface area (Å²) < 4.78 is 0. The zero-order valence-electron chi connectivity index (χ0n) is 12.8. The van der Waals surface area contributed by atoms with Crippen molar-refractivity contribution in [2.24, 2.45) is 4.99 Å². The molecular formula is C14H27N3OS. The monoisotopic (exact) mass is 285 g/mol. The smallest absolute Gasteiger partial charge is 0.247 e. The first-order valence-corrected chi connectivity index (χ1v) is 8.21. The predicted octanol–water partition coefficient (Wildman–Crippen LogP) is 2.49. The van der Waals surface area contributed by atoms with Crippen molar-refractivity contribution in [2.45, 2.75) is 59.0 Å². The van der Waals surface area contributed by atoms with Crippen molar-refractivity contribution in [3.8, 4) is 0 Å². The van der Waals surface area contributed by atoms with Gasteiger partial charge in [-0.3, -0.25) is 4.79 Å². The van der Waals surface area contributed by atoms with Gasteiger partial charge in [0.15, 0.2) is 5.17 Å². The molecule has 0 saturated carbocycles. The zero-order chi connectivity index (χ0) is 14.5. The van der Waals surface area contributed by atoms with Gasteiger partial charge < -0.3 is 10.2 Å². The third kappa shape index (κ3) is 4.41. The van der Waals surface area contributed by atoms with E-state index in [0.29, 0.717) is 0 Å². The maximum atomic E-state index is 12.2. The molecule has 2 atom stereocenters. The van der Waals surface area contributed by atoms with Gasteiger partial charge in [0.05, 0.1) is 0 Å². The van der Waals surface area contributed by atoms with Gasteiger partial charge in [-0.15, -0.1) is 0 Å². The van der Waals surface area contributed by atoms with E-state index in [1.807, 2.05) is 25.7 Å². The lowest BCUT2D eigenvalue weighted by Gasteiger charge is -2.35. The first-order chi connectivity index (χ1) is 8.95. The number of hydrogen-bond donors (Lipinski definition) is 1. The molecule has 0 radical (unpaired) electrons. The minimum absolute atomic E-state index is 0.115. The van der Waals surface area contributed by atoms with Crippen LogP contribution in [-0.4, -0.2) is 46.4 Å². The standard InChI is InChI=1S/C14H27N3OS/c1-6-14(5)9-10-19-13(16-14)15-11(4)12(18)17(7-2)8-3/h11H,6-10H2,1-5H3,(H,15,16). The van der Waals surface area contributed by atoms with Crippen LogP contribution in [0.15, 0.2) is 4.99 Å². The van der Waals surface area contributed by atoms with E-state index in [-0.39, 0.29) is 17.5 Å². The Hall–Kier alpha value is -0.710. The number of hydrogen-bond acceptors (Lipinski definition) is 3. The van der Waals surface area contributed by atoms with Crippen molar-refractivity contribution in [3.63, 3.8) is 0 Å². The number of carbonyl (C=O) groups is 1. The van der Waals surface area contributed by atoms with Crippen LogP contribution in [-0.2, 0) is 4.79 Å². The molecule has 1 aliphatic heterocycles. The molecule has 1 aliphatic rings. The van der Waals surface area contributed by atoms with Gasteiger partial charge in [-0.1, -0.05) is 18.7 Å². The highest BCUT2D eigenvalue weighted by atomic mass is 32.2. The molecule has 0 bridgehead atoms. The first-order valence-electron chi connectivity index (χ1n) is 7.23. The molecule has 1 saturated heterocycles. The number of rotatable bonds is 5. The molecule has 1 fully saturated rings. The summed E-state index contributed by atoms with van der Waals surface area (Å²) in [6.07, 6.45) is 2.22. The van der Waals surface area contributed by atoms with Gasteiger partial charge >= 0.3 is 0 Å². The summed E-state index contributed by atoms with van der Waals surface area (Å²) in [6, 6.07) is -0.297. The van der Waals surface area contributed by atoms with Crippen LogP contribution in [0.4, 0.5) is 0 Å². The summed E-state index contributed by atoms with van der Waals surface area (Å²) >= 11 is 1.72. The van der Waals surface area contributed by atoms with Crippen LogP contribution < -0.4 is 5.32 Å². The Morgan fingerprint density at radius 1 is 1.47 bits per heavy atom. The highest BCUT2D eigenvalue weighted by Crippen LogP contribution is 2.25. The van der Waals surface area contributed by atoms with Crippen LogP contribution in [0.2, 0.25) is 0 Å². The molecule has 0 aromatic heterocycles. The molecule has 5 heteroatoms. The molecule has 1 heterocycles. The number of nitrogens with zero attached hydrogens (tertiary/aromatic N) is 2. The molecule has 0 spiro atoms. The number of nitrogens with one attached hydrogen (secondary N) is 1. The van der Waals surface area contributed by atoms with E-state index in [1.54, 1.807) is 11.8 Å². The Labute approximate surface area is 121 Å². The Morgan fingerprint density at radius 2 is 2.11 bits per heavy atom. The summed E-state index contributed by atoms with van der Waals surface area (Å²) in [5.74, 6) is 1.19. The molecule has 19 heavy (non-hydrogen) atoms. The normalized spacial score (nSPS) is 26.9. The number of amidine groups is 1. The highest BCUT2D eigenvalue weighted by Gasteiger charge is 2.28. The van der Waals surface area contributed by atoms with E-state index < -0.39 is 0 Å². The Morgan fingerprint density at radius 3 is 2.63 bits per heavy atom. The predicted molar refractivity (Wildman–Crippen MR) is 83.7 cm³/mol. The van der Waals surface area contributed by atoms with Crippen LogP contribution in [0.3, 0.4) is 0 Å². The van der Waals surface area contributed by atoms with E-state index >= 15 is 0 Å². The van der Waals surface area contributed by atoms with Crippen LogP contribution >= 0.6 is 11.8 Å². The molecule has 4 nitrogen and oxygen atoms in total. The molecule has 0 aromatic carbocycles. The second-order valence-corrected chi connectivity index (χ2v) is 6.34. The second-order valence-electron chi connectivity index (χ2n) is 5.26. The molecule has 1 amide bonds. The Bertz CT molecular complexity index is 342. The van der Waals surface area contributed by atoms with E-state index in [0.717, 1.165) is 36.9 Å². The van der Waals surface area contributed by atoms with Crippen molar-refractivity contribution >= 4 is 22.8 Å². The lowest BCUT2D eigenvalue weighted by molar-refractivity contribution is -0.131. The van der Waals surface area contributed by atoms with Crippen LogP contribution in [0.25, 0.3) is 0 Å². The fraction of sp³-hybridized carbons (Fsp3) is 0.857. The van der Waals surface area contributed by atoms with Crippen molar-refractivity contribution in [1.82, 2.24) is 10.2 Å². The molecule has 0 aromatic rings. The van der Waals surface area contributed by atoms with Crippen molar-refractivity contribution in [1.29, 1.82) is 0 Å². The average Bonchev–Trinajstić information content (AvgIpc) is 2.40. The largest absolute Gasteiger partial charge is 0.360 e. The van der Waals surface area contributed by atoms with Crippen LogP contribution in [0, 0.1) is 0 Å². The van der Waals surface area contributed by atoms with Crippen LogP contribution in [0.1, 0.15) is 47.5 Å². The molecular weight excluding hydrogens is 258 g/mol. The minimum atomic E-state index is -0.297. The lowest BCUT2D eigenvalue weighted by atomic mass is 9.96. The summed E-state index contributed by atoms with van der Waals surface area (Å²) in [5, 5.41) is 4.40. The Balaban J connectivity index is 2.70. The van der Waals surface area contributed by atoms with E-state index in [9.17, 15) is 4.79 Å². The van der Waals surface area contributed by atoms with Gasteiger partial charge in [0.25, 0.3) is 0 Å². The minimum Gasteiger partial charge on any atom is -0.360 e. The topological polar surface area (TPSA) is 44.7 Å². The van der Waals surface area contributed by atoms with E-state index in [2.05, 4.69) is 24.2 Å². The number of carbonyl (C=O) groups excluding carboxylic acids is 1. The number of likely N-dealkylation sites (N-methyl/N-ethyl adjacent to an activating group) is 1. The zero-order valence-corrected chi connectivity index (χ0v) is 13.6. The molecule has 1 N–H and O–H groups in total. The number of thioether (sulfide) groups is 1. The quantitative estimate of drug-likeness (QED) is 0.844. The summed E-state index contributed by atoms with van der Waals surface area (Å²) in [6.45, 7) is 11.8. The SMILES string of the molecule is CCN(CC)C(=O)C(C)N=C1NC(C)(CC)CCS1. The second kappa shape index (κ2) is 7.17. The van der Waals surface area contributed by atoms with Crippen LogP contribution in [0.5, 0.6) is 0 Å². The van der Waals surface area contributed by atoms with Gasteiger partial charge in [-0.05, 0) is 40.5 Å². The van der Waals surface area contributed by atoms with Crippen molar-refractivity contribution in [3.05, 3.63) is 0 Å². The molecule has 1 rings (SSSR count). The number of aliphatic imine (C=N–C) groups is 1. The fourth-order valence-electron chi connectivity index (χ4n) is 2.10. The maximum Gasteiger partial charge on any atom is 0.247 e. The van der Waals surface area contributed by atoms with Crippen molar-refractivity contribution in [2.75, 3.05) is 18.8 Å². The van der Waals surface area contributed by atoms with E-state index in [4.69, 9.17) is 0 Å². The molecule has 2 unspecified atom stereocenters. The summed E-state index contributed by atoms with van der Waals surface area (Å²) in [5.41, 5.74) is 0.127. The fourth-order valence-corrected chi connectivity index (χ4v) is 3.39. The molecule has 110 valence electrons. The van der Waals surface area contributed by atoms with Gasteiger partial charge in [0.1, 0.15) is 6.04 Å². The summed E-state index contributed by atoms with van der Waals surface area (Å²) in [4.78, 5) is 18.6. The first kappa shape index (κ1) is 16.3. The molecule has 0 aliphatic carbocycles. The van der Waals surface area contributed by atoms with Gasteiger partial charge in [0.2, 0.25) is 5.91 Å². The third-order valence-electron chi connectivity index (χ3n) is 3.83. The highest BCUT2D eigenvalue weighted by molar-refractivity contribution is 8.13. The third-order valence-corrected chi connectivity index (χ3v) is 4.71. The number of amides is 1. The average molecular weight is 285 g/mol. The van der Waals surface area contributed by atoms with Gasteiger partial charge in [0, 0.05) is 24.4 Å². The van der Waals surface area contributed by atoms with Crippen molar-refractivity contribution < 1.29 is 4.79 Å². The Kier molecular flexibility index (Phi) is 6.17.